The van der Waals surface area contributed by atoms with E-state index in [4.69, 9.17) is 13.8 Å². The van der Waals surface area contributed by atoms with Crippen molar-refractivity contribution in [3.8, 4) is 0 Å². The van der Waals surface area contributed by atoms with Gasteiger partial charge in [-0.3, -0.25) is 28.6 Å². The summed E-state index contributed by atoms with van der Waals surface area (Å²) in [5.74, 6) is -2.47. The SMILES string of the molecule is CCOP(=O)(CCC(NC(=O)[C@H](C)NC(=O)CCCCN1C(=O)c2ccccc2C1=O)C(=O)OCc1ccccc1)OCC. The average Bonchev–Trinajstić information content (AvgIpc) is 3.25. The summed E-state index contributed by atoms with van der Waals surface area (Å²) in [5.41, 5.74) is 1.50. The number of hydrogen-bond acceptors (Lipinski definition) is 9. The zero-order valence-electron chi connectivity index (χ0n) is 25.3. The van der Waals surface area contributed by atoms with Crippen LogP contribution in [0.25, 0.3) is 0 Å². The molecule has 1 aliphatic rings. The molecule has 1 unspecified atom stereocenters. The Balaban J connectivity index is 1.50. The number of carbonyl (C=O) groups excluding carboxylic acids is 5. The zero-order valence-corrected chi connectivity index (χ0v) is 26.2. The van der Waals surface area contributed by atoms with Crippen LogP contribution in [0.15, 0.2) is 54.6 Å². The standard InChI is InChI=1S/C31H40N3O9P/c1-4-42-44(40,43-5-2)20-18-26(31(39)41-21-23-13-7-6-8-14-23)33-28(36)22(3)32-27(35)17-11-12-19-34-29(37)24-15-9-10-16-25(24)30(34)38/h6-10,13-16,22,26H,4-5,11-12,17-21H2,1-3H3,(H,32,35)(H,33,36)/t22-,26?/m0/s1. The lowest BCUT2D eigenvalue weighted by Gasteiger charge is -2.23. The van der Waals surface area contributed by atoms with E-state index in [0.717, 1.165) is 5.56 Å². The van der Waals surface area contributed by atoms with E-state index in [1.54, 1.807) is 62.4 Å². The van der Waals surface area contributed by atoms with Crippen LogP contribution in [0.5, 0.6) is 0 Å². The molecule has 238 valence electrons. The molecule has 2 aromatic carbocycles. The third-order valence-electron chi connectivity index (χ3n) is 6.85. The fraction of sp³-hybridized carbons (Fsp3) is 0.452. The number of imide groups is 1. The molecule has 0 fully saturated rings. The van der Waals surface area contributed by atoms with E-state index in [2.05, 4.69) is 10.6 Å². The molecule has 0 radical (unpaired) electrons. The summed E-state index contributed by atoms with van der Waals surface area (Å²) < 4.78 is 29.0. The maximum atomic E-state index is 13.0. The van der Waals surface area contributed by atoms with Crippen LogP contribution in [0.1, 0.15) is 72.7 Å². The molecule has 0 saturated carbocycles. The van der Waals surface area contributed by atoms with Crippen molar-refractivity contribution in [1.29, 1.82) is 0 Å². The van der Waals surface area contributed by atoms with Crippen molar-refractivity contribution in [3.05, 3.63) is 71.3 Å². The van der Waals surface area contributed by atoms with E-state index >= 15 is 0 Å². The highest BCUT2D eigenvalue weighted by molar-refractivity contribution is 7.53. The summed E-state index contributed by atoms with van der Waals surface area (Å²) >= 11 is 0. The van der Waals surface area contributed by atoms with Gasteiger partial charge in [0, 0.05) is 13.0 Å². The van der Waals surface area contributed by atoms with Gasteiger partial charge in [0.2, 0.25) is 11.8 Å². The van der Waals surface area contributed by atoms with Gasteiger partial charge in [-0.25, -0.2) is 4.79 Å². The van der Waals surface area contributed by atoms with Gasteiger partial charge < -0.3 is 24.4 Å². The third kappa shape index (κ3) is 9.83. The van der Waals surface area contributed by atoms with Crippen LogP contribution in [0.4, 0.5) is 0 Å². The highest BCUT2D eigenvalue weighted by Gasteiger charge is 2.34. The van der Waals surface area contributed by atoms with Crippen molar-refractivity contribution in [2.24, 2.45) is 0 Å². The van der Waals surface area contributed by atoms with Crippen molar-refractivity contribution in [1.82, 2.24) is 15.5 Å². The first kappa shape index (κ1) is 34.6. The molecule has 0 spiro atoms. The monoisotopic (exact) mass is 629 g/mol. The molecule has 1 aliphatic heterocycles. The van der Waals surface area contributed by atoms with Crippen LogP contribution in [-0.4, -0.2) is 72.5 Å². The van der Waals surface area contributed by atoms with Gasteiger partial charge in [-0.15, -0.1) is 0 Å². The summed E-state index contributed by atoms with van der Waals surface area (Å²) in [6.07, 6.45) is 0.652. The molecule has 12 nitrogen and oxygen atoms in total. The highest BCUT2D eigenvalue weighted by atomic mass is 31.2. The minimum absolute atomic E-state index is 0.0202. The Morgan fingerprint density at radius 1 is 0.864 bits per heavy atom. The Bertz CT molecular complexity index is 1320. The summed E-state index contributed by atoms with van der Waals surface area (Å²) in [6, 6.07) is 13.5. The maximum absolute atomic E-state index is 13.0. The van der Waals surface area contributed by atoms with Gasteiger partial charge in [0.1, 0.15) is 18.7 Å². The zero-order chi connectivity index (χ0) is 32.1. The largest absolute Gasteiger partial charge is 0.459 e. The first-order valence-corrected chi connectivity index (χ1v) is 16.4. The van der Waals surface area contributed by atoms with E-state index in [0.29, 0.717) is 24.0 Å². The van der Waals surface area contributed by atoms with Gasteiger partial charge in [0.05, 0.1) is 30.5 Å². The number of fused-ring (bicyclic) bond motifs is 1. The van der Waals surface area contributed by atoms with E-state index in [1.807, 2.05) is 6.07 Å². The topological polar surface area (TPSA) is 157 Å². The van der Waals surface area contributed by atoms with Crippen molar-refractivity contribution >= 4 is 37.2 Å². The van der Waals surface area contributed by atoms with Gasteiger partial charge in [-0.05, 0) is 57.7 Å². The molecule has 0 bridgehead atoms. The van der Waals surface area contributed by atoms with Crippen LogP contribution in [0.3, 0.4) is 0 Å². The molecule has 1 heterocycles. The molecular weight excluding hydrogens is 589 g/mol. The van der Waals surface area contributed by atoms with E-state index in [9.17, 15) is 28.5 Å². The number of nitrogens with one attached hydrogen (secondary N) is 2. The Morgan fingerprint density at radius 3 is 2.05 bits per heavy atom. The molecule has 2 N–H and O–H groups in total. The molecule has 0 aromatic heterocycles. The summed E-state index contributed by atoms with van der Waals surface area (Å²) in [6.45, 7) is 5.27. The van der Waals surface area contributed by atoms with Crippen molar-refractivity contribution < 1.29 is 42.3 Å². The lowest BCUT2D eigenvalue weighted by atomic mass is 10.1. The lowest BCUT2D eigenvalue weighted by Crippen LogP contribution is -2.51. The van der Waals surface area contributed by atoms with Crippen LogP contribution in [0.2, 0.25) is 0 Å². The normalized spacial score (nSPS) is 14.1. The molecule has 0 aliphatic carbocycles. The quantitative estimate of drug-likeness (QED) is 0.108. The Kier molecular flexibility index (Phi) is 13.3. The van der Waals surface area contributed by atoms with E-state index in [-0.39, 0.29) is 57.2 Å². The van der Waals surface area contributed by atoms with Crippen molar-refractivity contribution in [2.45, 2.75) is 65.1 Å². The average molecular weight is 630 g/mol. The molecule has 13 heteroatoms. The number of carbonyl (C=O) groups is 5. The van der Waals surface area contributed by atoms with Gasteiger partial charge in [-0.1, -0.05) is 42.5 Å². The summed E-state index contributed by atoms with van der Waals surface area (Å²) in [4.78, 5) is 64.7. The number of nitrogens with zero attached hydrogens (tertiary/aromatic N) is 1. The Labute approximate surface area is 257 Å². The fourth-order valence-electron chi connectivity index (χ4n) is 4.60. The van der Waals surface area contributed by atoms with E-state index in [1.165, 1.54) is 11.8 Å². The van der Waals surface area contributed by atoms with Gasteiger partial charge in [-0.2, -0.15) is 0 Å². The second-order valence-electron chi connectivity index (χ2n) is 10.2. The molecular formula is C31H40N3O9P. The molecule has 0 saturated heterocycles. The van der Waals surface area contributed by atoms with Gasteiger partial charge in [0.15, 0.2) is 0 Å². The lowest BCUT2D eigenvalue weighted by molar-refractivity contribution is -0.149. The Morgan fingerprint density at radius 2 is 1.45 bits per heavy atom. The number of amides is 4. The van der Waals surface area contributed by atoms with Crippen molar-refractivity contribution in [2.75, 3.05) is 25.9 Å². The molecule has 2 aromatic rings. The highest BCUT2D eigenvalue weighted by Crippen LogP contribution is 2.48. The van der Waals surface area contributed by atoms with Crippen molar-refractivity contribution in [3.63, 3.8) is 0 Å². The fourth-order valence-corrected chi connectivity index (χ4v) is 6.29. The summed E-state index contributed by atoms with van der Waals surface area (Å²) in [5, 5.41) is 5.20. The van der Waals surface area contributed by atoms with Gasteiger partial charge in [0.25, 0.3) is 11.8 Å². The number of ether oxygens (including phenoxy) is 1. The third-order valence-corrected chi connectivity index (χ3v) is 8.96. The van der Waals surface area contributed by atoms with Crippen LogP contribution in [0, 0.1) is 0 Å². The first-order chi connectivity index (χ1) is 21.1. The van der Waals surface area contributed by atoms with Gasteiger partial charge >= 0.3 is 13.6 Å². The maximum Gasteiger partial charge on any atom is 0.330 e. The minimum atomic E-state index is -3.50. The number of unbranched alkanes of at least 4 members (excludes halogenated alkanes) is 1. The number of rotatable bonds is 18. The minimum Gasteiger partial charge on any atom is -0.459 e. The van der Waals surface area contributed by atoms with E-state index < -0.39 is 37.5 Å². The second kappa shape index (κ2) is 16.8. The molecule has 44 heavy (non-hydrogen) atoms. The number of esters is 1. The number of hydrogen-bond donors (Lipinski definition) is 2. The smallest absolute Gasteiger partial charge is 0.330 e. The molecule has 3 rings (SSSR count). The Hall–Kier alpha value is -3.86. The molecule has 2 atom stereocenters. The van der Waals surface area contributed by atoms with Crippen LogP contribution in [-0.2, 0) is 39.3 Å². The van der Waals surface area contributed by atoms with Crippen LogP contribution < -0.4 is 10.6 Å². The molecule has 4 amide bonds. The second-order valence-corrected chi connectivity index (χ2v) is 12.4. The predicted octanol–water partition coefficient (Wildman–Crippen LogP) is 3.84. The number of benzene rings is 2. The van der Waals surface area contributed by atoms with Crippen LogP contribution >= 0.6 is 7.60 Å². The predicted molar refractivity (Wildman–Crippen MR) is 162 cm³/mol. The first-order valence-electron chi connectivity index (χ1n) is 14.7. The summed E-state index contributed by atoms with van der Waals surface area (Å²) in [7, 11) is -3.50.